The van der Waals surface area contributed by atoms with Gasteiger partial charge in [0.25, 0.3) is 5.91 Å². The van der Waals surface area contributed by atoms with Gasteiger partial charge in [-0.05, 0) is 31.5 Å². The maximum Gasteiger partial charge on any atom is 0.286 e. The van der Waals surface area contributed by atoms with Crippen molar-refractivity contribution >= 4 is 28.8 Å². The molecule has 0 radical (unpaired) electrons. The molecule has 0 aliphatic heterocycles. The molecule has 0 saturated heterocycles. The van der Waals surface area contributed by atoms with E-state index in [0.717, 1.165) is 22.6 Å². The molecular formula is C18H19FN6O2S. The van der Waals surface area contributed by atoms with Crippen LogP contribution in [0.5, 0.6) is 0 Å². The van der Waals surface area contributed by atoms with Gasteiger partial charge in [-0.25, -0.2) is 4.39 Å². The number of benzene rings is 1. The molecular weight excluding hydrogens is 383 g/mol. The fourth-order valence-electron chi connectivity index (χ4n) is 2.43. The number of rotatable bonds is 8. The molecule has 0 unspecified atom stereocenters. The number of nitrogens with one attached hydrogen (secondary N) is 3. The third kappa shape index (κ3) is 5.43. The zero-order valence-corrected chi connectivity index (χ0v) is 16.0. The summed E-state index contributed by atoms with van der Waals surface area (Å²) in [6, 6.07) is 5.62. The SMILES string of the molecule is Cc1[nH]ncc1CNC(=O)CCCc1nnc(C(=O)Nc2cccc(F)c2)s1. The van der Waals surface area contributed by atoms with Crippen molar-refractivity contribution < 1.29 is 14.0 Å². The van der Waals surface area contributed by atoms with Crippen molar-refractivity contribution in [3.05, 3.63) is 57.6 Å². The third-order valence-electron chi connectivity index (χ3n) is 3.95. The number of anilines is 1. The molecule has 0 atom stereocenters. The van der Waals surface area contributed by atoms with Crippen molar-refractivity contribution in [2.45, 2.75) is 32.7 Å². The van der Waals surface area contributed by atoms with Crippen molar-refractivity contribution in [1.82, 2.24) is 25.7 Å². The number of amides is 2. The van der Waals surface area contributed by atoms with Crippen LogP contribution in [0.4, 0.5) is 10.1 Å². The molecule has 8 nitrogen and oxygen atoms in total. The summed E-state index contributed by atoms with van der Waals surface area (Å²) >= 11 is 1.16. The largest absolute Gasteiger partial charge is 0.352 e. The minimum atomic E-state index is -0.442. The summed E-state index contributed by atoms with van der Waals surface area (Å²) in [6.07, 6.45) is 3.17. The Morgan fingerprint density at radius 3 is 2.89 bits per heavy atom. The van der Waals surface area contributed by atoms with Gasteiger partial charge in [-0.15, -0.1) is 10.2 Å². The summed E-state index contributed by atoms with van der Waals surface area (Å²) in [4.78, 5) is 24.1. The molecule has 0 bridgehead atoms. The summed E-state index contributed by atoms with van der Waals surface area (Å²) in [7, 11) is 0. The van der Waals surface area contributed by atoms with E-state index in [2.05, 4.69) is 31.0 Å². The Kier molecular flexibility index (Phi) is 6.43. The van der Waals surface area contributed by atoms with E-state index >= 15 is 0 Å². The average Bonchev–Trinajstić information content (AvgIpc) is 3.29. The van der Waals surface area contributed by atoms with Gasteiger partial charge < -0.3 is 10.6 Å². The standard InChI is InChI=1S/C18H19FN6O2S/c1-11-12(10-21-23-11)9-20-15(26)6-3-7-16-24-25-18(28-16)17(27)22-14-5-2-4-13(19)8-14/h2,4-5,8,10H,3,6-7,9H2,1H3,(H,20,26)(H,21,23)(H,22,27). The second-order valence-electron chi connectivity index (χ2n) is 6.12. The monoisotopic (exact) mass is 402 g/mol. The molecule has 0 fully saturated rings. The highest BCUT2D eigenvalue weighted by molar-refractivity contribution is 7.13. The predicted molar refractivity (Wildman–Crippen MR) is 102 cm³/mol. The van der Waals surface area contributed by atoms with Gasteiger partial charge >= 0.3 is 0 Å². The van der Waals surface area contributed by atoms with E-state index in [0.29, 0.717) is 36.5 Å². The minimum absolute atomic E-state index is 0.0609. The van der Waals surface area contributed by atoms with E-state index in [9.17, 15) is 14.0 Å². The molecule has 2 heterocycles. The number of carbonyl (C=O) groups is 2. The highest BCUT2D eigenvalue weighted by atomic mass is 32.1. The van der Waals surface area contributed by atoms with Gasteiger partial charge in [-0.1, -0.05) is 17.4 Å². The lowest BCUT2D eigenvalue weighted by molar-refractivity contribution is -0.121. The second-order valence-corrected chi connectivity index (χ2v) is 7.18. The molecule has 0 saturated carbocycles. The van der Waals surface area contributed by atoms with Crippen LogP contribution in [0, 0.1) is 12.7 Å². The van der Waals surface area contributed by atoms with Gasteiger partial charge in [0.15, 0.2) is 0 Å². The first kappa shape index (κ1) is 19.6. The molecule has 1 aromatic carbocycles. The summed E-state index contributed by atoms with van der Waals surface area (Å²) in [5.41, 5.74) is 2.23. The highest BCUT2D eigenvalue weighted by Crippen LogP contribution is 2.16. The smallest absolute Gasteiger partial charge is 0.286 e. The highest BCUT2D eigenvalue weighted by Gasteiger charge is 2.14. The van der Waals surface area contributed by atoms with Crippen LogP contribution in [0.15, 0.2) is 30.5 Å². The molecule has 0 spiro atoms. The summed E-state index contributed by atoms with van der Waals surface area (Å²) in [5, 5.41) is 20.9. The van der Waals surface area contributed by atoms with Crippen LogP contribution in [0.2, 0.25) is 0 Å². The number of hydrogen-bond acceptors (Lipinski definition) is 6. The van der Waals surface area contributed by atoms with Crippen LogP contribution < -0.4 is 10.6 Å². The molecule has 2 aromatic heterocycles. The lowest BCUT2D eigenvalue weighted by atomic mass is 10.2. The fraction of sp³-hybridized carbons (Fsp3) is 0.278. The third-order valence-corrected chi connectivity index (χ3v) is 4.93. The van der Waals surface area contributed by atoms with E-state index in [-0.39, 0.29) is 10.9 Å². The van der Waals surface area contributed by atoms with Crippen molar-refractivity contribution in [3.63, 3.8) is 0 Å². The second kappa shape index (κ2) is 9.18. The average molecular weight is 402 g/mol. The van der Waals surface area contributed by atoms with Crippen LogP contribution in [0.3, 0.4) is 0 Å². The van der Waals surface area contributed by atoms with E-state index < -0.39 is 11.7 Å². The maximum absolute atomic E-state index is 13.2. The number of aromatic amines is 1. The van der Waals surface area contributed by atoms with E-state index in [1.165, 1.54) is 18.2 Å². The lowest BCUT2D eigenvalue weighted by Crippen LogP contribution is -2.22. The molecule has 10 heteroatoms. The molecule has 28 heavy (non-hydrogen) atoms. The number of nitrogens with zero attached hydrogens (tertiary/aromatic N) is 3. The molecule has 3 N–H and O–H groups in total. The van der Waals surface area contributed by atoms with Crippen molar-refractivity contribution in [2.75, 3.05) is 5.32 Å². The Balaban J connectivity index is 1.42. The Hall–Kier alpha value is -3.14. The van der Waals surface area contributed by atoms with E-state index in [1.54, 1.807) is 12.3 Å². The normalized spacial score (nSPS) is 10.6. The summed E-state index contributed by atoms with van der Waals surface area (Å²) in [5.74, 6) is -0.936. The molecule has 3 aromatic rings. The number of carbonyl (C=O) groups excluding carboxylic acids is 2. The first-order chi connectivity index (χ1) is 13.5. The van der Waals surface area contributed by atoms with Gasteiger partial charge in [0.2, 0.25) is 10.9 Å². The van der Waals surface area contributed by atoms with Crippen LogP contribution >= 0.6 is 11.3 Å². The van der Waals surface area contributed by atoms with Gasteiger partial charge in [0, 0.05) is 36.3 Å². The first-order valence-electron chi connectivity index (χ1n) is 8.66. The number of aromatic nitrogens is 4. The van der Waals surface area contributed by atoms with Gasteiger partial charge in [0.05, 0.1) is 6.20 Å². The van der Waals surface area contributed by atoms with Crippen LogP contribution in [0.1, 0.15) is 38.9 Å². The zero-order chi connectivity index (χ0) is 19.9. The van der Waals surface area contributed by atoms with Crippen molar-refractivity contribution in [3.8, 4) is 0 Å². The van der Waals surface area contributed by atoms with Crippen molar-refractivity contribution in [1.29, 1.82) is 0 Å². The molecule has 2 amide bonds. The summed E-state index contributed by atoms with van der Waals surface area (Å²) < 4.78 is 13.2. The zero-order valence-electron chi connectivity index (χ0n) is 15.2. The van der Waals surface area contributed by atoms with E-state index in [4.69, 9.17) is 0 Å². The minimum Gasteiger partial charge on any atom is -0.352 e. The predicted octanol–water partition coefficient (Wildman–Crippen LogP) is 2.60. The van der Waals surface area contributed by atoms with Gasteiger partial charge in [-0.2, -0.15) is 5.10 Å². The number of H-pyrrole nitrogens is 1. The number of hydrogen-bond donors (Lipinski definition) is 3. The van der Waals surface area contributed by atoms with Crippen molar-refractivity contribution in [2.24, 2.45) is 0 Å². The van der Waals surface area contributed by atoms with E-state index in [1.807, 2.05) is 6.92 Å². The molecule has 3 rings (SSSR count). The fourth-order valence-corrected chi connectivity index (χ4v) is 3.21. The Morgan fingerprint density at radius 2 is 2.14 bits per heavy atom. The van der Waals surface area contributed by atoms with Gasteiger partial charge in [-0.3, -0.25) is 14.7 Å². The Bertz CT molecular complexity index is 970. The summed E-state index contributed by atoms with van der Waals surface area (Å²) in [6.45, 7) is 2.33. The lowest BCUT2D eigenvalue weighted by Gasteiger charge is -2.03. The van der Waals surface area contributed by atoms with Crippen LogP contribution in [0.25, 0.3) is 0 Å². The number of aryl methyl sites for hydroxylation is 2. The Morgan fingerprint density at radius 1 is 1.29 bits per heavy atom. The topological polar surface area (TPSA) is 113 Å². The molecule has 0 aliphatic rings. The maximum atomic E-state index is 13.2. The molecule has 0 aliphatic carbocycles. The van der Waals surface area contributed by atoms with Crippen LogP contribution in [-0.2, 0) is 17.8 Å². The number of halogens is 1. The quantitative estimate of drug-likeness (QED) is 0.536. The Labute approximate surface area is 164 Å². The van der Waals surface area contributed by atoms with Crippen LogP contribution in [-0.4, -0.2) is 32.2 Å². The first-order valence-corrected chi connectivity index (χ1v) is 9.48. The molecule has 146 valence electrons. The van der Waals surface area contributed by atoms with Gasteiger partial charge in [0.1, 0.15) is 10.8 Å².